The highest BCUT2D eigenvalue weighted by Gasteiger charge is 1.96. The van der Waals surface area contributed by atoms with Crippen molar-refractivity contribution < 1.29 is 4.79 Å². The fourth-order valence-electron chi connectivity index (χ4n) is 1.25. The standard InChI is InChI=1S/C10H14O/c11-9-5-4-8-10-6-2-1-3-7-10/h2,6,8-9H,1,3-5,7H2/b10-8-. The Labute approximate surface area is 67.8 Å². The lowest BCUT2D eigenvalue weighted by atomic mass is 10.0. The minimum Gasteiger partial charge on any atom is -0.303 e. The highest BCUT2D eigenvalue weighted by molar-refractivity contribution is 5.49. The Morgan fingerprint density at radius 3 is 3.00 bits per heavy atom. The zero-order valence-electron chi connectivity index (χ0n) is 6.75. The van der Waals surface area contributed by atoms with Crippen LogP contribution in [-0.2, 0) is 4.79 Å². The summed E-state index contributed by atoms with van der Waals surface area (Å²) in [4.78, 5) is 10.00. The van der Waals surface area contributed by atoms with Gasteiger partial charge in [-0.2, -0.15) is 0 Å². The largest absolute Gasteiger partial charge is 0.303 e. The van der Waals surface area contributed by atoms with E-state index >= 15 is 0 Å². The molecular formula is C10H14O. The quantitative estimate of drug-likeness (QED) is 0.446. The summed E-state index contributed by atoms with van der Waals surface area (Å²) in [6, 6.07) is 0. The molecule has 1 rings (SSSR count). The van der Waals surface area contributed by atoms with E-state index in [0.29, 0.717) is 6.42 Å². The first kappa shape index (κ1) is 8.25. The van der Waals surface area contributed by atoms with Crippen LogP contribution in [0.4, 0.5) is 0 Å². The van der Waals surface area contributed by atoms with Gasteiger partial charge in [-0.3, -0.25) is 0 Å². The van der Waals surface area contributed by atoms with Crippen LogP contribution in [0.25, 0.3) is 0 Å². The monoisotopic (exact) mass is 150 g/mol. The van der Waals surface area contributed by atoms with Crippen molar-refractivity contribution in [2.45, 2.75) is 32.1 Å². The minimum absolute atomic E-state index is 0.664. The molecule has 0 N–H and O–H groups in total. The summed E-state index contributed by atoms with van der Waals surface area (Å²) < 4.78 is 0. The average molecular weight is 150 g/mol. The Morgan fingerprint density at radius 1 is 1.45 bits per heavy atom. The van der Waals surface area contributed by atoms with E-state index in [1.165, 1.54) is 24.8 Å². The zero-order chi connectivity index (χ0) is 7.94. The van der Waals surface area contributed by atoms with Gasteiger partial charge in [0.15, 0.2) is 0 Å². The van der Waals surface area contributed by atoms with Gasteiger partial charge >= 0.3 is 0 Å². The van der Waals surface area contributed by atoms with Gasteiger partial charge in [0, 0.05) is 6.42 Å². The number of carbonyl (C=O) groups excluding carboxylic acids is 1. The van der Waals surface area contributed by atoms with Gasteiger partial charge in [-0.15, -0.1) is 0 Å². The molecule has 0 aromatic rings. The molecule has 0 unspecified atom stereocenters. The number of unbranched alkanes of at least 4 members (excludes halogenated alkanes) is 1. The Hall–Kier alpha value is -0.850. The van der Waals surface area contributed by atoms with E-state index in [1.54, 1.807) is 0 Å². The van der Waals surface area contributed by atoms with Gasteiger partial charge in [0.2, 0.25) is 0 Å². The van der Waals surface area contributed by atoms with Crippen LogP contribution in [0.3, 0.4) is 0 Å². The Balaban J connectivity index is 2.32. The lowest BCUT2D eigenvalue weighted by molar-refractivity contribution is -0.107. The summed E-state index contributed by atoms with van der Waals surface area (Å²) in [7, 11) is 0. The summed E-state index contributed by atoms with van der Waals surface area (Å²) in [5, 5.41) is 0. The van der Waals surface area contributed by atoms with E-state index < -0.39 is 0 Å². The molecule has 11 heavy (non-hydrogen) atoms. The van der Waals surface area contributed by atoms with E-state index in [4.69, 9.17) is 0 Å². The van der Waals surface area contributed by atoms with Gasteiger partial charge in [-0.1, -0.05) is 23.8 Å². The number of rotatable bonds is 3. The molecule has 0 aromatic carbocycles. The second-order valence-electron chi connectivity index (χ2n) is 2.82. The maximum absolute atomic E-state index is 10.00. The van der Waals surface area contributed by atoms with E-state index in [9.17, 15) is 4.79 Å². The van der Waals surface area contributed by atoms with Crippen molar-refractivity contribution in [1.29, 1.82) is 0 Å². The fourth-order valence-corrected chi connectivity index (χ4v) is 1.25. The molecule has 0 bridgehead atoms. The minimum atomic E-state index is 0.664. The van der Waals surface area contributed by atoms with Gasteiger partial charge in [-0.25, -0.2) is 0 Å². The molecule has 0 atom stereocenters. The third kappa shape index (κ3) is 3.17. The molecule has 0 aromatic heterocycles. The van der Waals surface area contributed by atoms with Crippen LogP contribution >= 0.6 is 0 Å². The van der Waals surface area contributed by atoms with Crippen molar-refractivity contribution in [1.82, 2.24) is 0 Å². The van der Waals surface area contributed by atoms with Crippen LogP contribution in [0, 0.1) is 0 Å². The maximum atomic E-state index is 10.00. The van der Waals surface area contributed by atoms with E-state index in [-0.39, 0.29) is 0 Å². The molecule has 1 nitrogen and oxygen atoms in total. The SMILES string of the molecule is O=CCC/C=C1/C=CCCC1. The molecule has 0 amide bonds. The third-order valence-corrected chi connectivity index (χ3v) is 1.86. The second-order valence-corrected chi connectivity index (χ2v) is 2.82. The highest BCUT2D eigenvalue weighted by atomic mass is 16.1. The molecule has 1 aliphatic rings. The molecule has 1 heteroatoms. The first-order chi connectivity index (χ1) is 5.43. The maximum Gasteiger partial charge on any atom is 0.120 e. The molecule has 0 fully saturated rings. The molecule has 1 aliphatic carbocycles. The Bertz CT molecular complexity index is 177. The van der Waals surface area contributed by atoms with Crippen LogP contribution < -0.4 is 0 Å². The molecule has 0 spiro atoms. The molecule has 0 aliphatic heterocycles. The number of carbonyl (C=O) groups is 1. The smallest absolute Gasteiger partial charge is 0.120 e. The summed E-state index contributed by atoms with van der Waals surface area (Å²) in [6.45, 7) is 0. The van der Waals surface area contributed by atoms with E-state index in [2.05, 4.69) is 18.2 Å². The lowest BCUT2D eigenvalue weighted by Crippen LogP contribution is -1.86. The Kier molecular flexibility index (Phi) is 3.67. The number of hydrogen-bond acceptors (Lipinski definition) is 1. The highest BCUT2D eigenvalue weighted by Crippen LogP contribution is 2.16. The topological polar surface area (TPSA) is 17.1 Å². The van der Waals surface area contributed by atoms with Crippen molar-refractivity contribution in [3.05, 3.63) is 23.8 Å². The summed E-state index contributed by atoms with van der Waals surface area (Å²) in [6.07, 6.45) is 12.8. The van der Waals surface area contributed by atoms with Crippen LogP contribution in [0.15, 0.2) is 23.8 Å². The first-order valence-corrected chi connectivity index (χ1v) is 4.22. The van der Waals surface area contributed by atoms with Crippen molar-refractivity contribution in [2.75, 3.05) is 0 Å². The fraction of sp³-hybridized carbons (Fsp3) is 0.500. The number of hydrogen-bond donors (Lipinski definition) is 0. The van der Waals surface area contributed by atoms with Crippen LogP contribution in [0.2, 0.25) is 0 Å². The van der Waals surface area contributed by atoms with Gasteiger partial charge in [0.25, 0.3) is 0 Å². The molecule has 0 heterocycles. The predicted octanol–water partition coefficient (Wildman–Crippen LogP) is 2.63. The van der Waals surface area contributed by atoms with Crippen molar-refractivity contribution in [3.8, 4) is 0 Å². The third-order valence-electron chi connectivity index (χ3n) is 1.86. The first-order valence-electron chi connectivity index (χ1n) is 4.22. The molecular weight excluding hydrogens is 136 g/mol. The number of allylic oxidation sites excluding steroid dienone is 4. The van der Waals surface area contributed by atoms with Crippen LogP contribution in [0.1, 0.15) is 32.1 Å². The predicted molar refractivity (Wildman–Crippen MR) is 46.4 cm³/mol. The average Bonchev–Trinajstić information content (AvgIpc) is 2.07. The van der Waals surface area contributed by atoms with E-state index in [1.807, 2.05) is 0 Å². The molecule has 0 radical (unpaired) electrons. The molecule has 60 valence electrons. The van der Waals surface area contributed by atoms with Crippen LogP contribution in [0.5, 0.6) is 0 Å². The number of aldehydes is 1. The van der Waals surface area contributed by atoms with Gasteiger partial charge in [0.05, 0.1) is 0 Å². The van der Waals surface area contributed by atoms with E-state index in [0.717, 1.165) is 12.7 Å². The second kappa shape index (κ2) is 4.89. The van der Waals surface area contributed by atoms with Gasteiger partial charge in [0.1, 0.15) is 6.29 Å². The van der Waals surface area contributed by atoms with Crippen molar-refractivity contribution in [3.63, 3.8) is 0 Å². The molecule has 0 saturated heterocycles. The molecule has 0 saturated carbocycles. The van der Waals surface area contributed by atoms with Gasteiger partial charge in [-0.05, 0) is 25.7 Å². The van der Waals surface area contributed by atoms with Gasteiger partial charge < -0.3 is 4.79 Å². The zero-order valence-corrected chi connectivity index (χ0v) is 6.75. The summed E-state index contributed by atoms with van der Waals surface area (Å²) in [5.41, 5.74) is 1.40. The van der Waals surface area contributed by atoms with Crippen molar-refractivity contribution >= 4 is 6.29 Å². The van der Waals surface area contributed by atoms with Crippen molar-refractivity contribution in [2.24, 2.45) is 0 Å². The summed E-state index contributed by atoms with van der Waals surface area (Å²) >= 11 is 0. The Morgan fingerprint density at radius 2 is 2.36 bits per heavy atom. The van der Waals surface area contributed by atoms with Crippen LogP contribution in [-0.4, -0.2) is 6.29 Å². The normalized spacial score (nSPS) is 20.5. The summed E-state index contributed by atoms with van der Waals surface area (Å²) in [5.74, 6) is 0. The lowest BCUT2D eigenvalue weighted by Gasteiger charge is -2.05.